The van der Waals surface area contributed by atoms with Crippen molar-refractivity contribution in [3.63, 3.8) is 0 Å². The van der Waals surface area contributed by atoms with Crippen LogP contribution in [0.25, 0.3) is 0 Å². The summed E-state index contributed by atoms with van der Waals surface area (Å²) in [6, 6.07) is 5.73. The fraction of sp³-hybridized carbons (Fsp3) is 0.333. The van der Waals surface area contributed by atoms with Crippen LogP contribution in [0.1, 0.15) is 18.1 Å². The highest BCUT2D eigenvalue weighted by Gasteiger charge is 2.22. The van der Waals surface area contributed by atoms with Gasteiger partial charge in [-0.25, -0.2) is 0 Å². The zero-order chi connectivity index (χ0) is 13.8. The smallest absolute Gasteiger partial charge is 0.161 e. The number of methoxy groups -OCH3 is 3. The first kappa shape index (κ1) is 13.3. The lowest BCUT2D eigenvalue weighted by Gasteiger charge is -2.25. The molecule has 0 aliphatic carbocycles. The van der Waals surface area contributed by atoms with Crippen LogP contribution in [0.4, 0.5) is 0 Å². The summed E-state index contributed by atoms with van der Waals surface area (Å²) >= 11 is 0. The maximum atomic E-state index is 5.73. The normalized spacial score (nSPS) is 18.4. The van der Waals surface area contributed by atoms with Gasteiger partial charge in [-0.1, -0.05) is 12.6 Å². The molecule has 4 heteroatoms. The van der Waals surface area contributed by atoms with Gasteiger partial charge >= 0.3 is 0 Å². The zero-order valence-corrected chi connectivity index (χ0v) is 11.4. The van der Waals surface area contributed by atoms with E-state index in [1.165, 1.54) is 0 Å². The molecule has 1 aliphatic heterocycles. The van der Waals surface area contributed by atoms with Crippen molar-refractivity contribution in [2.24, 2.45) is 0 Å². The summed E-state index contributed by atoms with van der Waals surface area (Å²) < 4.78 is 21.5. The van der Waals surface area contributed by atoms with Gasteiger partial charge in [-0.05, 0) is 17.7 Å². The first-order valence-electron chi connectivity index (χ1n) is 6.00. The molecule has 1 heterocycles. The fourth-order valence-corrected chi connectivity index (χ4v) is 2.06. The molecule has 0 spiro atoms. The minimum atomic E-state index is -0.118. The van der Waals surface area contributed by atoms with Crippen molar-refractivity contribution in [3.8, 4) is 11.5 Å². The van der Waals surface area contributed by atoms with Crippen LogP contribution < -0.4 is 9.47 Å². The molecule has 1 atom stereocenters. The molecule has 0 radical (unpaired) electrons. The van der Waals surface area contributed by atoms with Gasteiger partial charge in [-0.3, -0.25) is 0 Å². The van der Waals surface area contributed by atoms with Gasteiger partial charge in [0.25, 0.3) is 0 Å². The molecule has 1 aromatic carbocycles. The molecule has 1 unspecified atom stereocenters. The van der Waals surface area contributed by atoms with E-state index >= 15 is 0 Å². The molecule has 1 aliphatic rings. The molecule has 102 valence electrons. The summed E-state index contributed by atoms with van der Waals surface area (Å²) in [6.07, 6.45) is 2.36. The average Bonchev–Trinajstić information content (AvgIpc) is 2.45. The molecule has 0 saturated heterocycles. The molecule has 0 bridgehead atoms. The second kappa shape index (κ2) is 5.69. The Hall–Kier alpha value is -2.10. The summed E-state index contributed by atoms with van der Waals surface area (Å²) in [5.74, 6) is 2.84. The third kappa shape index (κ3) is 2.84. The number of allylic oxidation sites excluding steroid dienone is 1. The standard InChI is InChI=1S/C15H18O4/c1-10-7-12(16-2)9-14(19-10)11-5-6-13(17-3)15(8-11)18-4/h5-8,14H,1,9H2,2-4H3. The quantitative estimate of drug-likeness (QED) is 0.835. The highest BCUT2D eigenvalue weighted by atomic mass is 16.5. The Morgan fingerprint density at radius 1 is 1.11 bits per heavy atom. The molecule has 0 amide bonds. The third-order valence-corrected chi connectivity index (χ3v) is 3.04. The summed E-state index contributed by atoms with van der Waals surface area (Å²) in [4.78, 5) is 0. The topological polar surface area (TPSA) is 36.9 Å². The Morgan fingerprint density at radius 2 is 1.84 bits per heavy atom. The summed E-state index contributed by atoms with van der Waals surface area (Å²) in [5.41, 5.74) is 1.00. The largest absolute Gasteiger partial charge is 0.501 e. The summed E-state index contributed by atoms with van der Waals surface area (Å²) in [7, 11) is 4.88. The van der Waals surface area contributed by atoms with Crippen molar-refractivity contribution in [2.75, 3.05) is 21.3 Å². The fourth-order valence-electron chi connectivity index (χ4n) is 2.06. The van der Waals surface area contributed by atoms with Crippen molar-refractivity contribution in [1.82, 2.24) is 0 Å². The van der Waals surface area contributed by atoms with Crippen LogP contribution in [0.15, 0.2) is 42.4 Å². The van der Waals surface area contributed by atoms with Crippen LogP contribution in [0.2, 0.25) is 0 Å². The molecular formula is C15H18O4. The predicted octanol–water partition coefficient (Wildman–Crippen LogP) is 3.21. The first-order valence-corrected chi connectivity index (χ1v) is 6.00. The lowest BCUT2D eigenvalue weighted by atomic mass is 10.0. The Kier molecular flexibility index (Phi) is 4.00. The van der Waals surface area contributed by atoms with E-state index in [-0.39, 0.29) is 6.10 Å². The zero-order valence-electron chi connectivity index (χ0n) is 11.4. The lowest BCUT2D eigenvalue weighted by Crippen LogP contribution is -2.11. The molecule has 0 fully saturated rings. The van der Waals surface area contributed by atoms with E-state index in [2.05, 4.69) is 6.58 Å². The maximum absolute atomic E-state index is 5.73. The highest BCUT2D eigenvalue weighted by Crippen LogP contribution is 2.36. The van der Waals surface area contributed by atoms with E-state index in [0.717, 1.165) is 11.3 Å². The van der Waals surface area contributed by atoms with Crippen molar-refractivity contribution in [1.29, 1.82) is 0 Å². The van der Waals surface area contributed by atoms with E-state index in [1.807, 2.05) is 18.2 Å². The number of rotatable bonds is 4. The van der Waals surface area contributed by atoms with Gasteiger partial charge in [0.2, 0.25) is 0 Å². The second-order valence-electron chi connectivity index (χ2n) is 4.21. The van der Waals surface area contributed by atoms with Crippen LogP contribution in [0.5, 0.6) is 11.5 Å². The molecule has 19 heavy (non-hydrogen) atoms. The van der Waals surface area contributed by atoms with Crippen LogP contribution in [0, 0.1) is 0 Å². The Morgan fingerprint density at radius 3 is 2.47 bits per heavy atom. The van der Waals surface area contributed by atoms with Gasteiger partial charge in [0, 0.05) is 12.5 Å². The SMILES string of the molecule is C=C1C=C(OC)CC(c2ccc(OC)c(OC)c2)O1. The van der Waals surface area contributed by atoms with E-state index in [9.17, 15) is 0 Å². The van der Waals surface area contributed by atoms with Crippen LogP contribution in [-0.2, 0) is 9.47 Å². The number of ether oxygens (including phenoxy) is 4. The van der Waals surface area contributed by atoms with Crippen molar-refractivity contribution in [3.05, 3.63) is 47.9 Å². The number of hydrogen-bond donors (Lipinski definition) is 0. The predicted molar refractivity (Wildman–Crippen MR) is 72.2 cm³/mol. The Bertz CT molecular complexity index is 505. The second-order valence-corrected chi connectivity index (χ2v) is 4.21. The monoisotopic (exact) mass is 262 g/mol. The van der Waals surface area contributed by atoms with Crippen LogP contribution >= 0.6 is 0 Å². The number of hydrogen-bond acceptors (Lipinski definition) is 4. The van der Waals surface area contributed by atoms with E-state index < -0.39 is 0 Å². The van der Waals surface area contributed by atoms with Gasteiger partial charge < -0.3 is 18.9 Å². The molecule has 0 N–H and O–H groups in total. The van der Waals surface area contributed by atoms with Crippen molar-refractivity contribution >= 4 is 0 Å². The van der Waals surface area contributed by atoms with Crippen LogP contribution in [0.3, 0.4) is 0 Å². The Balaban J connectivity index is 2.27. The molecule has 1 aromatic rings. The minimum absolute atomic E-state index is 0.118. The van der Waals surface area contributed by atoms with Crippen LogP contribution in [-0.4, -0.2) is 21.3 Å². The van der Waals surface area contributed by atoms with Gasteiger partial charge in [-0.15, -0.1) is 0 Å². The van der Waals surface area contributed by atoms with E-state index in [1.54, 1.807) is 27.4 Å². The highest BCUT2D eigenvalue weighted by molar-refractivity contribution is 5.44. The van der Waals surface area contributed by atoms with Gasteiger partial charge in [0.15, 0.2) is 11.5 Å². The molecule has 2 rings (SSSR count). The molecule has 4 nitrogen and oxygen atoms in total. The summed E-state index contributed by atoms with van der Waals surface area (Å²) in [6.45, 7) is 3.83. The van der Waals surface area contributed by atoms with Gasteiger partial charge in [0.05, 0.1) is 21.3 Å². The minimum Gasteiger partial charge on any atom is -0.501 e. The molecule has 0 aromatic heterocycles. The first-order chi connectivity index (χ1) is 9.17. The van der Waals surface area contributed by atoms with E-state index in [0.29, 0.717) is 23.7 Å². The van der Waals surface area contributed by atoms with Crippen molar-refractivity contribution in [2.45, 2.75) is 12.5 Å². The Labute approximate surface area is 113 Å². The van der Waals surface area contributed by atoms with Gasteiger partial charge in [0.1, 0.15) is 17.6 Å². The molecular weight excluding hydrogens is 244 g/mol. The maximum Gasteiger partial charge on any atom is 0.161 e. The lowest BCUT2D eigenvalue weighted by molar-refractivity contribution is 0.0921. The summed E-state index contributed by atoms with van der Waals surface area (Å²) in [5, 5.41) is 0. The van der Waals surface area contributed by atoms with Crippen molar-refractivity contribution < 1.29 is 18.9 Å². The molecule has 0 saturated carbocycles. The van der Waals surface area contributed by atoms with Gasteiger partial charge in [-0.2, -0.15) is 0 Å². The average molecular weight is 262 g/mol. The third-order valence-electron chi connectivity index (χ3n) is 3.04. The number of benzene rings is 1. The van der Waals surface area contributed by atoms with E-state index in [4.69, 9.17) is 18.9 Å².